The van der Waals surface area contributed by atoms with Crippen molar-refractivity contribution in [1.82, 2.24) is 16.0 Å². The van der Waals surface area contributed by atoms with Crippen molar-refractivity contribution in [2.24, 2.45) is 11.5 Å². The maximum Gasteiger partial charge on any atom is 0.326 e. The molecule has 38 heavy (non-hydrogen) atoms. The van der Waals surface area contributed by atoms with Gasteiger partial charge in [-0.25, -0.2) is 4.79 Å². The quantitative estimate of drug-likeness (QED) is 0.102. The van der Waals surface area contributed by atoms with E-state index in [9.17, 15) is 43.8 Å². The van der Waals surface area contributed by atoms with Crippen LogP contribution in [0.5, 0.6) is 5.75 Å². The number of aromatic hydroxyl groups is 1. The highest BCUT2D eigenvalue weighted by molar-refractivity contribution is 5.96. The van der Waals surface area contributed by atoms with Gasteiger partial charge in [0.25, 0.3) is 0 Å². The van der Waals surface area contributed by atoms with Crippen LogP contribution in [0.1, 0.15) is 31.2 Å². The number of carboxylic acids is 3. The molecule has 0 fully saturated rings. The Kier molecular flexibility index (Phi) is 12.1. The number of primary amides is 1. The highest BCUT2D eigenvalue weighted by Crippen LogP contribution is 2.12. The van der Waals surface area contributed by atoms with Crippen LogP contribution in [0.15, 0.2) is 24.3 Å². The third-order valence-electron chi connectivity index (χ3n) is 5.04. The molecular formula is C22H29N5O11. The third kappa shape index (κ3) is 11.3. The number of hydrogen-bond acceptors (Lipinski definition) is 9. The molecule has 0 aliphatic rings. The number of hydrogen-bond donors (Lipinski definition) is 9. The van der Waals surface area contributed by atoms with Crippen LogP contribution in [0.3, 0.4) is 0 Å². The average Bonchev–Trinajstić information content (AvgIpc) is 2.80. The Morgan fingerprint density at radius 1 is 0.737 bits per heavy atom. The van der Waals surface area contributed by atoms with Crippen LogP contribution >= 0.6 is 0 Å². The second-order valence-corrected chi connectivity index (χ2v) is 8.20. The number of phenols is 1. The second kappa shape index (κ2) is 14.7. The van der Waals surface area contributed by atoms with Crippen molar-refractivity contribution < 1.29 is 54.0 Å². The van der Waals surface area contributed by atoms with E-state index in [1.807, 2.05) is 0 Å². The summed E-state index contributed by atoms with van der Waals surface area (Å²) >= 11 is 0. The molecule has 1 aromatic carbocycles. The van der Waals surface area contributed by atoms with Gasteiger partial charge in [-0.3, -0.25) is 28.8 Å². The summed E-state index contributed by atoms with van der Waals surface area (Å²) in [6, 6.07) is -0.951. The molecule has 0 heterocycles. The molecule has 0 bridgehead atoms. The number of nitrogens with two attached hydrogens (primary N) is 2. The summed E-state index contributed by atoms with van der Waals surface area (Å²) in [6.07, 6.45) is -2.90. The van der Waals surface area contributed by atoms with E-state index in [0.29, 0.717) is 5.56 Å². The van der Waals surface area contributed by atoms with Gasteiger partial charge in [-0.15, -0.1) is 0 Å². The highest BCUT2D eigenvalue weighted by Gasteiger charge is 2.32. The zero-order chi connectivity index (χ0) is 29.0. The molecular weight excluding hydrogens is 510 g/mol. The largest absolute Gasteiger partial charge is 0.508 e. The van der Waals surface area contributed by atoms with E-state index in [2.05, 4.69) is 16.0 Å². The summed E-state index contributed by atoms with van der Waals surface area (Å²) in [7, 11) is 0. The van der Waals surface area contributed by atoms with Crippen LogP contribution in [0.25, 0.3) is 0 Å². The molecule has 4 amide bonds. The minimum absolute atomic E-state index is 0.0673. The van der Waals surface area contributed by atoms with Gasteiger partial charge in [-0.2, -0.15) is 0 Å². The summed E-state index contributed by atoms with van der Waals surface area (Å²) in [5, 5.41) is 43.0. The van der Waals surface area contributed by atoms with E-state index in [0.717, 1.165) is 0 Å². The molecule has 16 heteroatoms. The molecule has 11 N–H and O–H groups in total. The summed E-state index contributed by atoms with van der Waals surface area (Å²) in [5.41, 5.74) is 11.0. The number of phenolic OH excluding ortho intramolecular Hbond substituents is 1. The van der Waals surface area contributed by atoms with Crippen LogP contribution in [0.2, 0.25) is 0 Å². The number of rotatable bonds is 16. The molecule has 1 rings (SSSR count). The Balaban J connectivity index is 3.05. The van der Waals surface area contributed by atoms with Crippen LogP contribution in [-0.2, 0) is 40.0 Å². The molecule has 0 aliphatic heterocycles. The number of aliphatic carboxylic acids is 3. The summed E-state index contributed by atoms with van der Waals surface area (Å²) in [4.78, 5) is 82.8. The Bertz CT molecular complexity index is 1060. The summed E-state index contributed by atoms with van der Waals surface area (Å²) in [6.45, 7) is 0. The van der Waals surface area contributed by atoms with Gasteiger partial charge in [0.1, 0.15) is 23.9 Å². The minimum Gasteiger partial charge on any atom is -0.508 e. The van der Waals surface area contributed by atoms with E-state index in [-0.39, 0.29) is 12.2 Å². The molecule has 4 unspecified atom stereocenters. The molecule has 0 aliphatic carbocycles. The monoisotopic (exact) mass is 539 g/mol. The second-order valence-electron chi connectivity index (χ2n) is 8.20. The first kappa shape index (κ1) is 31.3. The van der Waals surface area contributed by atoms with Gasteiger partial charge in [0.05, 0.1) is 18.9 Å². The van der Waals surface area contributed by atoms with E-state index in [4.69, 9.17) is 21.7 Å². The van der Waals surface area contributed by atoms with E-state index >= 15 is 0 Å². The number of carbonyl (C=O) groups excluding carboxylic acids is 4. The zero-order valence-electron chi connectivity index (χ0n) is 20.0. The zero-order valence-corrected chi connectivity index (χ0v) is 20.0. The number of amides is 4. The molecule has 0 saturated carbocycles. The maximum absolute atomic E-state index is 12.8. The van der Waals surface area contributed by atoms with Crippen molar-refractivity contribution in [2.75, 3.05) is 0 Å². The molecule has 0 aromatic heterocycles. The lowest BCUT2D eigenvalue weighted by Crippen LogP contribution is -2.58. The van der Waals surface area contributed by atoms with Crippen LogP contribution in [0, 0.1) is 0 Å². The Morgan fingerprint density at radius 2 is 1.26 bits per heavy atom. The molecule has 0 saturated heterocycles. The lowest BCUT2D eigenvalue weighted by Gasteiger charge is -2.24. The van der Waals surface area contributed by atoms with Crippen LogP contribution in [0.4, 0.5) is 0 Å². The van der Waals surface area contributed by atoms with Gasteiger partial charge in [-0.1, -0.05) is 12.1 Å². The van der Waals surface area contributed by atoms with Crippen molar-refractivity contribution in [3.8, 4) is 5.75 Å². The van der Waals surface area contributed by atoms with Gasteiger partial charge < -0.3 is 47.8 Å². The highest BCUT2D eigenvalue weighted by atomic mass is 16.4. The van der Waals surface area contributed by atoms with Crippen molar-refractivity contribution in [1.29, 1.82) is 0 Å². The topological polar surface area (TPSA) is 289 Å². The Hall–Kier alpha value is -4.73. The van der Waals surface area contributed by atoms with E-state index in [1.54, 1.807) is 0 Å². The summed E-state index contributed by atoms with van der Waals surface area (Å²) < 4.78 is 0. The van der Waals surface area contributed by atoms with Gasteiger partial charge in [-0.05, 0) is 24.1 Å². The molecule has 1 aromatic rings. The van der Waals surface area contributed by atoms with Crippen molar-refractivity contribution >= 4 is 41.5 Å². The molecule has 0 radical (unpaired) electrons. The average molecular weight is 539 g/mol. The van der Waals surface area contributed by atoms with Gasteiger partial charge in [0.2, 0.25) is 23.6 Å². The SMILES string of the molecule is NC(=O)CC(NC(=O)C(CCC(=O)O)NC(=O)C(N)CC(=O)O)C(=O)NC(Cc1ccc(O)cc1)C(=O)O. The van der Waals surface area contributed by atoms with Crippen molar-refractivity contribution in [3.05, 3.63) is 29.8 Å². The number of benzene rings is 1. The summed E-state index contributed by atoms with van der Waals surface area (Å²) in [5.74, 6) is -8.64. The van der Waals surface area contributed by atoms with Crippen molar-refractivity contribution in [2.45, 2.75) is 56.3 Å². The fourth-order valence-corrected chi connectivity index (χ4v) is 3.12. The molecule has 208 valence electrons. The Morgan fingerprint density at radius 3 is 1.76 bits per heavy atom. The van der Waals surface area contributed by atoms with E-state index in [1.165, 1.54) is 24.3 Å². The maximum atomic E-state index is 12.8. The number of nitrogens with one attached hydrogen (secondary N) is 3. The molecule has 16 nitrogen and oxygen atoms in total. The lowest BCUT2D eigenvalue weighted by molar-refractivity contribution is -0.142. The van der Waals surface area contributed by atoms with Crippen LogP contribution < -0.4 is 27.4 Å². The lowest BCUT2D eigenvalue weighted by atomic mass is 10.0. The van der Waals surface area contributed by atoms with Gasteiger partial charge in [0.15, 0.2) is 0 Å². The normalized spacial score (nSPS) is 13.7. The standard InChI is InChI=1S/C22H29N5O11/c23-12(8-18(32)33)19(34)25-13(5-6-17(30)31)20(35)26-14(9-16(24)29)21(36)27-15(22(37)38)7-10-1-3-11(28)4-2-10/h1-4,12-15,28H,5-9,23H2,(H2,24,29)(H,25,34)(H,26,35)(H,27,36)(H,30,31)(H,32,33)(H,37,38). The first-order valence-electron chi connectivity index (χ1n) is 11.1. The molecule has 4 atom stereocenters. The van der Waals surface area contributed by atoms with Gasteiger partial charge >= 0.3 is 17.9 Å². The first-order valence-corrected chi connectivity index (χ1v) is 11.1. The smallest absolute Gasteiger partial charge is 0.326 e. The number of carboxylic acid groups (broad SMARTS) is 3. The predicted molar refractivity (Wildman–Crippen MR) is 126 cm³/mol. The minimum atomic E-state index is -1.71. The van der Waals surface area contributed by atoms with Crippen LogP contribution in [-0.4, -0.2) is 86.1 Å². The number of carbonyl (C=O) groups is 7. The van der Waals surface area contributed by atoms with Gasteiger partial charge in [0, 0.05) is 12.8 Å². The third-order valence-corrected chi connectivity index (χ3v) is 5.04. The fraction of sp³-hybridized carbons (Fsp3) is 0.409. The predicted octanol–water partition coefficient (Wildman–Crippen LogP) is -2.98. The first-order chi connectivity index (χ1) is 17.7. The fourth-order valence-electron chi connectivity index (χ4n) is 3.12. The molecule has 0 spiro atoms. The Labute approximate surface area is 215 Å². The van der Waals surface area contributed by atoms with E-state index < -0.39 is 91.4 Å². The van der Waals surface area contributed by atoms with Crippen molar-refractivity contribution in [3.63, 3.8) is 0 Å².